The van der Waals surface area contributed by atoms with Crippen molar-refractivity contribution < 1.29 is 28.5 Å². The summed E-state index contributed by atoms with van der Waals surface area (Å²) in [6, 6.07) is 9.97. The van der Waals surface area contributed by atoms with Crippen LogP contribution in [-0.4, -0.2) is 46.5 Å². The van der Waals surface area contributed by atoms with Crippen LogP contribution < -0.4 is 29.7 Å². The van der Waals surface area contributed by atoms with E-state index in [0.29, 0.717) is 34.2 Å². The Kier molecular flexibility index (Phi) is 7.21. The molecule has 0 fully saturated rings. The molecule has 0 aliphatic carbocycles. The molecule has 0 saturated carbocycles. The molecule has 0 aliphatic heterocycles. The second-order valence-electron chi connectivity index (χ2n) is 5.30. The first-order chi connectivity index (χ1) is 13.5. The van der Waals surface area contributed by atoms with Crippen LogP contribution in [0.3, 0.4) is 0 Å². The third-order valence-electron chi connectivity index (χ3n) is 3.67. The topological polar surface area (TPSA) is 107 Å². The van der Waals surface area contributed by atoms with E-state index in [1.807, 2.05) is 0 Å². The van der Waals surface area contributed by atoms with E-state index < -0.39 is 11.8 Å². The number of para-hydroxylation sites is 1. The van der Waals surface area contributed by atoms with Gasteiger partial charge in [0.15, 0.2) is 11.5 Å². The largest absolute Gasteiger partial charge is 0.497 e. The first-order valence-electron chi connectivity index (χ1n) is 8.11. The van der Waals surface area contributed by atoms with Gasteiger partial charge in [0.1, 0.15) is 11.5 Å². The predicted octanol–water partition coefficient (Wildman–Crippen LogP) is 1.81. The van der Waals surface area contributed by atoms with Crippen LogP contribution in [0.15, 0.2) is 41.5 Å². The highest BCUT2D eigenvalue weighted by Crippen LogP contribution is 2.30. The van der Waals surface area contributed by atoms with Crippen LogP contribution in [0.25, 0.3) is 0 Å². The Morgan fingerprint density at radius 1 is 0.893 bits per heavy atom. The quantitative estimate of drug-likeness (QED) is 0.426. The van der Waals surface area contributed by atoms with Crippen LogP contribution in [0.1, 0.15) is 5.56 Å². The number of nitrogens with zero attached hydrogens (tertiary/aromatic N) is 1. The minimum atomic E-state index is -0.948. The first kappa shape index (κ1) is 20.6. The Bertz CT molecular complexity index is 882. The lowest BCUT2D eigenvalue weighted by Crippen LogP contribution is -2.32. The maximum absolute atomic E-state index is 12.1. The number of nitrogens with one attached hydrogen (secondary N) is 2. The molecule has 9 nitrogen and oxygen atoms in total. The first-order valence-corrected chi connectivity index (χ1v) is 8.11. The van der Waals surface area contributed by atoms with Gasteiger partial charge in [-0.25, -0.2) is 5.43 Å². The summed E-state index contributed by atoms with van der Waals surface area (Å²) in [5.41, 5.74) is 3.05. The normalized spacial score (nSPS) is 10.3. The summed E-state index contributed by atoms with van der Waals surface area (Å²) >= 11 is 0. The van der Waals surface area contributed by atoms with Gasteiger partial charge in [0.05, 0.1) is 40.3 Å². The fourth-order valence-corrected chi connectivity index (χ4v) is 2.31. The Morgan fingerprint density at radius 3 is 2.29 bits per heavy atom. The monoisotopic (exact) mass is 387 g/mol. The van der Waals surface area contributed by atoms with E-state index in [4.69, 9.17) is 18.9 Å². The van der Waals surface area contributed by atoms with Crippen molar-refractivity contribution in [2.45, 2.75) is 0 Å². The summed E-state index contributed by atoms with van der Waals surface area (Å²) in [5.74, 6) is 0.0213. The Hall–Kier alpha value is -3.75. The average Bonchev–Trinajstić information content (AvgIpc) is 2.73. The van der Waals surface area contributed by atoms with E-state index in [2.05, 4.69) is 15.8 Å². The fraction of sp³-hybridized carbons (Fsp3) is 0.211. The molecule has 148 valence electrons. The molecule has 2 N–H and O–H groups in total. The zero-order valence-electron chi connectivity index (χ0n) is 15.9. The molecule has 0 heterocycles. The SMILES string of the molecule is COc1ccc(NC(=O)C(=O)NN=Cc2cccc(OC)c2OC)c(OC)c1. The molecule has 2 rings (SSSR count). The van der Waals surface area contributed by atoms with E-state index in [0.717, 1.165) is 0 Å². The van der Waals surface area contributed by atoms with E-state index in [9.17, 15) is 9.59 Å². The standard InChI is InChI=1S/C19H21N3O6/c1-25-13-8-9-14(16(10-13)27-3)21-18(23)19(24)22-20-11-12-6-5-7-15(26-2)17(12)28-4/h5-11H,1-4H3,(H,21,23)(H,22,24). The maximum atomic E-state index is 12.1. The number of anilines is 1. The number of benzene rings is 2. The zero-order chi connectivity index (χ0) is 20.5. The van der Waals surface area contributed by atoms with Gasteiger partial charge in [0, 0.05) is 11.6 Å². The summed E-state index contributed by atoms with van der Waals surface area (Å²) in [5, 5.41) is 6.24. The minimum absolute atomic E-state index is 0.321. The number of carbonyl (C=O) groups is 2. The van der Waals surface area contributed by atoms with Gasteiger partial charge in [0.2, 0.25) is 0 Å². The highest BCUT2D eigenvalue weighted by molar-refractivity contribution is 6.39. The molecule has 0 saturated heterocycles. The van der Waals surface area contributed by atoms with Crippen molar-refractivity contribution in [2.75, 3.05) is 33.8 Å². The van der Waals surface area contributed by atoms with E-state index in [1.165, 1.54) is 34.7 Å². The van der Waals surface area contributed by atoms with E-state index in [1.54, 1.807) is 36.4 Å². The van der Waals surface area contributed by atoms with Crippen molar-refractivity contribution in [3.05, 3.63) is 42.0 Å². The van der Waals surface area contributed by atoms with Crippen LogP contribution in [-0.2, 0) is 9.59 Å². The molecular weight excluding hydrogens is 366 g/mol. The summed E-state index contributed by atoms with van der Waals surface area (Å²) in [6.45, 7) is 0. The van der Waals surface area contributed by atoms with Crippen molar-refractivity contribution in [3.63, 3.8) is 0 Å². The number of hydrazone groups is 1. The number of hydrogen-bond donors (Lipinski definition) is 2. The average molecular weight is 387 g/mol. The van der Waals surface area contributed by atoms with Gasteiger partial charge in [-0.2, -0.15) is 5.10 Å². The molecule has 0 atom stereocenters. The van der Waals surface area contributed by atoms with Gasteiger partial charge in [-0.05, 0) is 24.3 Å². The molecule has 0 aliphatic rings. The highest BCUT2D eigenvalue weighted by atomic mass is 16.5. The zero-order valence-corrected chi connectivity index (χ0v) is 15.9. The summed E-state index contributed by atoms with van der Waals surface area (Å²) in [6.07, 6.45) is 1.35. The van der Waals surface area contributed by atoms with Gasteiger partial charge in [-0.3, -0.25) is 9.59 Å². The lowest BCUT2D eigenvalue weighted by Gasteiger charge is -2.11. The second-order valence-corrected chi connectivity index (χ2v) is 5.30. The molecule has 28 heavy (non-hydrogen) atoms. The Morgan fingerprint density at radius 2 is 1.64 bits per heavy atom. The molecule has 0 unspecified atom stereocenters. The fourth-order valence-electron chi connectivity index (χ4n) is 2.31. The Labute approximate surface area is 162 Å². The summed E-state index contributed by atoms with van der Waals surface area (Å²) in [4.78, 5) is 24.1. The third-order valence-corrected chi connectivity index (χ3v) is 3.67. The summed E-state index contributed by atoms with van der Waals surface area (Å²) in [7, 11) is 5.95. The molecule has 2 aromatic carbocycles. The highest BCUT2D eigenvalue weighted by Gasteiger charge is 2.16. The van der Waals surface area contributed by atoms with Crippen LogP contribution in [0.4, 0.5) is 5.69 Å². The smallest absolute Gasteiger partial charge is 0.329 e. The lowest BCUT2D eigenvalue weighted by atomic mass is 10.2. The number of ether oxygens (including phenoxy) is 4. The van der Waals surface area contributed by atoms with E-state index in [-0.39, 0.29) is 0 Å². The van der Waals surface area contributed by atoms with E-state index >= 15 is 0 Å². The van der Waals surface area contributed by atoms with Crippen LogP contribution >= 0.6 is 0 Å². The maximum Gasteiger partial charge on any atom is 0.329 e. The molecule has 0 spiro atoms. The van der Waals surface area contributed by atoms with Gasteiger partial charge in [-0.1, -0.05) is 6.07 Å². The lowest BCUT2D eigenvalue weighted by molar-refractivity contribution is -0.136. The third kappa shape index (κ3) is 4.91. The minimum Gasteiger partial charge on any atom is -0.497 e. The molecule has 0 aromatic heterocycles. The number of carbonyl (C=O) groups excluding carboxylic acids is 2. The predicted molar refractivity (Wildman–Crippen MR) is 103 cm³/mol. The van der Waals surface area contributed by atoms with Gasteiger partial charge in [0.25, 0.3) is 0 Å². The Balaban J connectivity index is 2.04. The molecule has 9 heteroatoms. The van der Waals surface area contributed by atoms with Crippen molar-refractivity contribution >= 4 is 23.7 Å². The second kappa shape index (κ2) is 9.81. The molecule has 0 bridgehead atoms. The molecule has 2 aromatic rings. The number of hydrogen-bond acceptors (Lipinski definition) is 7. The van der Waals surface area contributed by atoms with Crippen LogP contribution in [0.5, 0.6) is 23.0 Å². The molecular formula is C19H21N3O6. The van der Waals surface area contributed by atoms with Crippen molar-refractivity contribution in [2.24, 2.45) is 5.10 Å². The number of methoxy groups -OCH3 is 4. The van der Waals surface area contributed by atoms with Crippen molar-refractivity contribution in [3.8, 4) is 23.0 Å². The number of amides is 2. The van der Waals surface area contributed by atoms with Gasteiger partial charge in [-0.15, -0.1) is 0 Å². The van der Waals surface area contributed by atoms with Gasteiger partial charge < -0.3 is 24.3 Å². The molecule has 0 radical (unpaired) electrons. The van der Waals surface area contributed by atoms with Crippen LogP contribution in [0.2, 0.25) is 0 Å². The van der Waals surface area contributed by atoms with Crippen molar-refractivity contribution in [1.29, 1.82) is 0 Å². The molecule has 2 amide bonds. The van der Waals surface area contributed by atoms with Crippen LogP contribution in [0, 0.1) is 0 Å². The van der Waals surface area contributed by atoms with Gasteiger partial charge >= 0.3 is 11.8 Å². The van der Waals surface area contributed by atoms with Crippen molar-refractivity contribution in [1.82, 2.24) is 5.43 Å². The summed E-state index contributed by atoms with van der Waals surface area (Å²) < 4.78 is 20.7. The number of rotatable bonds is 7.